The second-order valence-electron chi connectivity index (χ2n) is 2.97. The van der Waals surface area contributed by atoms with Crippen LogP contribution in [0.4, 0.5) is 0 Å². The van der Waals surface area contributed by atoms with Crippen molar-refractivity contribution in [3.8, 4) is 11.1 Å². The Labute approximate surface area is 88.5 Å². The Morgan fingerprint density at radius 1 is 1.50 bits per heavy atom. The zero-order chi connectivity index (χ0) is 10.1. The van der Waals surface area contributed by atoms with Gasteiger partial charge in [0.25, 0.3) is 5.56 Å². The van der Waals surface area contributed by atoms with E-state index in [1.807, 2.05) is 6.92 Å². The maximum absolute atomic E-state index is 11.1. The lowest BCUT2D eigenvalue weighted by Gasteiger charge is -1.98. The summed E-state index contributed by atoms with van der Waals surface area (Å²) in [5.41, 5.74) is 2.77. The summed E-state index contributed by atoms with van der Waals surface area (Å²) in [6.45, 7) is 1.93. The largest absolute Gasteiger partial charge is 0.328 e. The minimum atomic E-state index is -0.130. The SMILES string of the molecule is Cc1[nH]ncc1-c1c[nH]c(=O)c(Br)c1. The summed E-state index contributed by atoms with van der Waals surface area (Å²) in [5.74, 6) is 0. The second-order valence-corrected chi connectivity index (χ2v) is 3.83. The summed E-state index contributed by atoms with van der Waals surface area (Å²) in [5, 5.41) is 6.76. The predicted octanol–water partition coefficient (Wildman–Crippen LogP) is 1.84. The van der Waals surface area contributed by atoms with Gasteiger partial charge in [0.1, 0.15) is 0 Å². The van der Waals surface area contributed by atoms with Crippen LogP contribution >= 0.6 is 15.9 Å². The maximum Gasteiger partial charge on any atom is 0.262 e. The molecule has 0 amide bonds. The van der Waals surface area contributed by atoms with Gasteiger partial charge in [-0.3, -0.25) is 9.89 Å². The normalized spacial score (nSPS) is 10.4. The molecule has 0 bridgehead atoms. The Kier molecular flexibility index (Phi) is 2.25. The van der Waals surface area contributed by atoms with Gasteiger partial charge in [0.2, 0.25) is 0 Å². The standard InChI is InChI=1S/C9H8BrN3O/c1-5-7(4-12-13-5)6-2-8(10)9(14)11-3-6/h2-4H,1H3,(H,11,14)(H,12,13). The molecule has 0 aliphatic carbocycles. The molecule has 2 rings (SSSR count). The van der Waals surface area contributed by atoms with Crippen molar-refractivity contribution in [1.29, 1.82) is 0 Å². The van der Waals surface area contributed by atoms with E-state index in [2.05, 4.69) is 31.1 Å². The van der Waals surface area contributed by atoms with Crippen molar-refractivity contribution in [3.63, 3.8) is 0 Å². The van der Waals surface area contributed by atoms with E-state index < -0.39 is 0 Å². The van der Waals surface area contributed by atoms with Gasteiger partial charge >= 0.3 is 0 Å². The summed E-state index contributed by atoms with van der Waals surface area (Å²) < 4.78 is 0.524. The fourth-order valence-electron chi connectivity index (χ4n) is 1.25. The van der Waals surface area contributed by atoms with E-state index in [-0.39, 0.29) is 5.56 Å². The van der Waals surface area contributed by atoms with E-state index in [0.29, 0.717) is 4.47 Å². The van der Waals surface area contributed by atoms with Crippen LogP contribution in [0.1, 0.15) is 5.69 Å². The van der Waals surface area contributed by atoms with Crippen LogP contribution in [0.5, 0.6) is 0 Å². The molecule has 0 radical (unpaired) electrons. The van der Waals surface area contributed by atoms with Crippen LogP contribution in [0.25, 0.3) is 11.1 Å². The highest BCUT2D eigenvalue weighted by Crippen LogP contribution is 2.21. The molecule has 0 atom stereocenters. The Balaban J connectivity index is 2.59. The van der Waals surface area contributed by atoms with Crippen molar-refractivity contribution in [3.05, 3.63) is 39.0 Å². The zero-order valence-corrected chi connectivity index (χ0v) is 9.05. The summed E-state index contributed by atoms with van der Waals surface area (Å²) in [7, 11) is 0. The van der Waals surface area contributed by atoms with E-state index in [9.17, 15) is 4.79 Å². The third kappa shape index (κ3) is 1.50. The minimum Gasteiger partial charge on any atom is -0.328 e. The molecule has 0 aliphatic heterocycles. The van der Waals surface area contributed by atoms with Crippen LogP contribution in [-0.4, -0.2) is 15.2 Å². The quantitative estimate of drug-likeness (QED) is 0.815. The molecule has 0 saturated heterocycles. The number of aromatic nitrogens is 3. The fraction of sp³-hybridized carbons (Fsp3) is 0.111. The van der Waals surface area contributed by atoms with Crippen LogP contribution in [0, 0.1) is 6.92 Å². The lowest BCUT2D eigenvalue weighted by molar-refractivity contribution is 1.05. The number of rotatable bonds is 1. The number of pyridine rings is 1. The van der Waals surface area contributed by atoms with Gasteiger partial charge in [0.05, 0.1) is 10.7 Å². The number of nitrogens with zero attached hydrogens (tertiary/aromatic N) is 1. The second kappa shape index (κ2) is 3.42. The van der Waals surface area contributed by atoms with Crippen molar-refractivity contribution in [1.82, 2.24) is 15.2 Å². The highest BCUT2D eigenvalue weighted by molar-refractivity contribution is 9.10. The van der Waals surface area contributed by atoms with Gasteiger partial charge in [0.15, 0.2) is 0 Å². The van der Waals surface area contributed by atoms with Crippen LogP contribution in [0.2, 0.25) is 0 Å². The fourth-order valence-corrected chi connectivity index (χ4v) is 1.61. The molecule has 0 saturated carbocycles. The number of aryl methyl sites for hydroxylation is 1. The minimum absolute atomic E-state index is 0.130. The summed E-state index contributed by atoms with van der Waals surface area (Å²) in [6.07, 6.45) is 3.40. The molecule has 0 fully saturated rings. The molecule has 4 nitrogen and oxygen atoms in total. The Morgan fingerprint density at radius 2 is 2.29 bits per heavy atom. The Morgan fingerprint density at radius 3 is 2.86 bits per heavy atom. The third-order valence-corrected chi connectivity index (χ3v) is 2.59. The van der Waals surface area contributed by atoms with Gasteiger partial charge in [-0.2, -0.15) is 5.10 Å². The van der Waals surface area contributed by atoms with Gasteiger partial charge in [-0.1, -0.05) is 0 Å². The molecule has 72 valence electrons. The Bertz CT molecular complexity index is 515. The van der Waals surface area contributed by atoms with Crippen LogP contribution < -0.4 is 5.56 Å². The molecule has 14 heavy (non-hydrogen) atoms. The van der Waals surface area contributed by atoms with Crippen LogP contribution in [0.3, 0.4) is 0 Å². The van der Waals surface area contributed by atoms with Gasteiger partial charge in [-0.25, -0.2) is 0 Å². The number of nitrogens with one attached hydrogen (secondary N) is 2. The molecular formula is C9H8BrN3O. The zero-order valence-electron chi connectivity index (χ0n) is 7.47. The first-order valence-corrected chi connectivity index (χ1v) is 4.86. The van der Waals surface area contributed by atoms with Gasteiger partial charge in [0, 0.05) is 23.0 Å². The molecule has 0 unspecified atom stereocenters. The monoisotopic (exact) mass is 253 g/mol. The number of hydrogen-bond donors (Lipinski definition) is 2. The molecule has 0 aromatic carbocycles. The summed E-state index contributed by atoms with van der Waals surface area (Å²) >= 11 is 3.18. The molecule has 2 aromatic heterocycles. The topological polar surface area (TPSA) is 61.5 Å². The van der Waals surface area contributed by atoms with Crippen molar-refractivity contribution in [2.45, 2.75) is 6.92 Å². The lowest BCUT2D eigenvalue weighted by atomic mass is 10.1. The molecule has 5 heteroatoms. The van der Waals surface area contributed by atoms with Crippen LogP contribution in [-0.2, 0) is 0 Å². The predicted molar refractivity (Wildman–Crippen MR) is 57.1 cm³/mol. The highest BCUT2D eigenvalue weighted by atomic mass is 79.9. The number of aromatic amines is 2. The molecule has 0 spiro atoms. The van der Waals surface area contributed by atoms with E-state index in [1.54, 1.807) is 18.5 Å². The number of hydrogen-bond acceptors (Lipinski definition) is 2. The first-order chi connectivity index (χ1) is 6.68. The van der Waals surface area contributed by atoms with E-state index >= 15 is 0 Å². The highest BCUT2D eigenvalue weighted by Gasteiger charge is 2.05. The number of H-pyrrole nitrogens is 2. The van der Waals surface area contributed by atoms with Gasteiger partial charge < -0.3 is 4.98 Å². The smallest absolute Gasteiger partial charge is 0.262 e. The molecule has 2 heterocycles. The van der Waals surface area contributed by atoms with E-state index in [1.165, 1.54) is 0 Å². The molecular weight excluding hydrogens is 246 g/mol. The average molecular weight is 254 g/mol. The van der Waals surface area contributed by atoms with Crippen molar-refractivity contribution in [2.75, 3.05) is 0 Å². The summed E-state index contributed by atoms with van der Waals surface area (Å²) in [4.78, 5) is 13.7. The first-order valence-electron chi connectivity index (χ1n) is 4.07. The van der Waals surface area contributed by atoms with Gasteiger partial charge in [-0.05, 0) is 28.9 Å². The number of halogens is 1. The van der Waals surface area contributed by atoms with Gasteiger partial charge in [-0.15, -0.1) is 0 Å². The van der Waals surface area contributed by atoms with E-state index in [4.69, 9.17) is 0 Å². The first kappa shape index (κ1) is 9.21. The van der Waals surface area contributed by atoms with Crippen molar-refractivity contribution in [2.24, 2.45) is 0 Å². The van der Waals surface area contributed by atoms with Crippen molar-refractivity contribution >= 4 is 15.9 Å². The Hall–Kier alpha value is -1.36. The molecule has 0 aliphatic rings. The summed E-state index contributed by atoms with van der Waals surface area (Å²) in [6, 6.07) is 1.77. The molecule has 2 aromatic rings. The average Bonchev–Trinajstić information content (AvgIpc) is 2.57. The third-order valence-electron chi connectivity index (χ3n) is 2.00. The lowest BCUT2D eigenvalue weighted by Crippen LogP contribution is -2.05. The van der Waals surface area contributed by atoms with E-state index in [0.717, 1.165) is 16.8 Å². The maximum atomic E-state index is 11.1. The van der Waals surface area contributed by atoms with Crippen LogP contribution in [0.15, 0.2) is 27.7 Å². The van der Waals surface area contributed by atoms with Crippen molar-refractivity contribution < 1.29 is 0 Å². The molecule has 2 N–H and O–H groups in total.